The smallest absolute Gasteiger partial charge is 0.255 e. The van der Waals surface area contributed by atoms with Gasteiger partial charge in [-0.2, -0.15) is 0 Å². The summed E-state index contributed by atoms with van der Waals surface area (Å²) in [5.41, 5.74) is 1.53. The van der Waals surface area contributed by atoms with Gasteiger partial charge < -0.3 is 10.1 Å². The number of rotatable bonds is 10. The largest absolute Gasteiger partial charge is 0.491 e. The van der Waals surface area contributed by atoms with Crippen LogP contribution >= 0.6 is 0 Å². The molecule has 0 unspecified atom stereocenters. The van der Waals surface area contributed by atoms with Gasteiger partial charge in [-0.05, 0) is 30.7 Å². The zero-order valence-electron chi connectivity index (χ0n) is 16.6. The van der Waals surface area contributed by atoms with Crippen molar-refractivity contribution in [1.82, 2.24) is 0 Å². The van der Waals surface area contributed by atoms with Crippen molar-refractivity contribution in [2.45, 2.75) is 32.6 Å². The van der Waals surface area contributed by atoms with Crippen LogP contribution < -0.4 is 14.4 Å². The highest BCUT2D eigenvalue weighted by atomic mass is 32.2. The van der Waals surface area contributed by atoms with Crippen molar-refractivity contribution in [2.24, 2.45) is 0 Å². The molecule has 0 heterocycles. The number of hydrogen-bond acceptors (Lipinski definition) is 4. The third-order valence-electron chi connectivity index (χ3n) is 4.35. The maximum Gasteiger partial charge on any atom is 0.255 e. The van der Waals surface area contributed by atoms with Crippen molar-refractivity contribution >= 4 is 27.3 Å². The summed E-state index contributed by atoms with van der Waals surface area (Å²) < 4.78 is 30.9. The Morgan fingerprint density at radius 3 is 2.43 bits per heavy atom. The Bertz CT molecular complexity index is 883. The molecule has 7 heteroatoms. The predicted molar refractivity (Wildman–Crippen MR) is 114 cm³/mol. The average molecular weight is 405 g/mol. The second kappa shape index (κ2) is 10.1. The van der Waals surface area contributed by atoms with Crippen molar-refractivity contribution in [1.29, 1.82) is 0 Å². The summed E-state index contributed by atoms with van der Waals surface area (Å²) in [6.45, 7) is 2.62. The lowest BCUT2D eigenvalue weighted by Gasteiger charge is -2.21. The highest BCUT2D eigenvalue weighted by molar-refractivity contribution is 7.92. The summed E-state index contributed by atoms with van der Waals surface area (Å²) in [6.07, 6.45) is 5.34. The normalized spacial score (nSPS) is 11.1. The van der Waals surface area contributed by atoms with Crippen LogP contribution in [0.15, 0.2) is 48.5 Å². The number of benzene rings is 2. The molecule has 0 saturated carbocycles. The molecule has 2 aromatic rings. The van der Waals surface area contributed by atoms with E-state index in [4.69, 9.17) is 4.74 Å². The van der Waals surface area contributed by atoms with Crippen LogP contribution in [-0.4, -0.2) is 34.2 Å². The van der Waals surface area contributed by atoms with Gasteiger partial charge in [-0.1, -0.05) is 44.4 Å². The van der Waals surface area contributed by atoms with Gasteiger partial charge in [-0.15, -0.1) is 0 Å². The van der Waals surface area contributed by atoms with E-state index in [1.165, 1.54) is 11.4 Å². The minimum atomic E-state index is -3.43. The third-order valence-corrected chi connectivity index (χ3v) is 5.54. The van der Waals surface area contributed by atoms with E-state index < -0.39 is 10.0 Å². The standard InChI is InChI=1S/C21H28N2O4S/c1-4-5-6-10-15-27-20-16-18(13-14-19(20)23(2)28(3,25)26)22-21(24)17-11-8-7-9-12-17/h7-9,11-14,16H,4-6,10,15H2,1-3H3,(H,22,24). The lowest BCUT2D eigenvalue weighted by atomic mass is 10.2. The maximum atomic E-state index is 12.4. The summed E-state index contributed by atoms with van der Waals surface area (Å²) >= 11 is 0. The number of nitrogens with one attached hydrogen (secondary N) is 1. The van der Waals surface area contributed by atoms with E-state index in [2.05, 4.69) is 12.2 Å². The second-order valence-electron chi connectivity index (χ2n) is 6.64. The molecule has 0 radical (unpaired) electrons. The van der Waals surface area contributed by atoms with E-state index in [0.717, 1.165) is 31.9 Å². The van der Waals surface area contributed by atoms with E-state index in [9.17, 15) is 13.2 Å². The first-order valence-corrected chi connectivity index (χ1v) is 11.2. The zero-order chi connectivity index (χ0) is 20.6. The molecule has 0 bridgehead atoms. The molecule has 0 saturated heterocycles. The number of anilines is 2. The summed E-state index contributed by atoms with van der Waals surface area (Å²) in [5, 5.41) is 2.83. The van der Waals surface area contributed by atoms with Crippen molar-refractivity contribution in [3.63, 3.8) is 0 Å². The SMILES string of the molecule is CCCCCCOc1cc(NC(=O)c2ccccc2)ccc1N(C)S(C)(=O)=O. The fourth-order valence-corrected chi connectivity index (χ4v) is 3.16. The molecule has 0 aromatic heterocycles. The Balaban J connectivity index is 2.21. The Morgan fingerprint density at radius 1 is 1.07 bits per heavy atom. The number of nitrogens with zero attached hydrogens (tertiary/aromatic N) is 1. The predicted octanol–water partition coefficient (Wildman–Crippen LogP) is 4.29. The summed E-state index contributed by atoms with van der Waals surface area (Å²) in [7, 11) is -1.95. The topological polar surface area (TPSA) is 75.7 Å². The van der Waals surface area contributed by atoms with Gasteiger partial charge in [0, 0.05) is 24.4 Å². The van der Waals surface area contributed by atoms with E-state index in [1.54, 1.807) is 42.5 Å². The van der Waals surface area contributed by atoms with Crippen LogP contribution in [0.2, 0.25) is 0 Å². The first-order chi connectivity index (χ1) is 13.3. The van der Waals surface area contributed by atoms with Crippen LogP contribution in [-0.2, 0) is 10.0 Å². The molecule has 0 fully saturated rings. The molecule has 152 valence electrons. The monoisotopic (exact) mass is 404 g/mol. The van der Waals surface area contributed by atoms with Gasteiger partial charge in [0.05, 0.1) is 18.6 Å². The number of unbranched alkanes of at least 4 members (excludes halogenated alkanes) is 3. The second-order valence-corrected chi connectivity index (χ2v) is 8.66. The van der Waals surface area contributed by atoms with Crippen molar-refractivity contribution in [3.8, 4) is 5.75 Å². The van der Waals surface area contributed by atoms with Crippen molar-refractivity contribution in [2.75, 3.05) is 29.5 Å². The van der Waals surface area contributed by atoms with Crippen LogP contribution in [0.3, 0.4) is 0 Å². The van der Waals surface area contributed by atoms with Gasteiger partial charge in [0.2, 0.25) is 10.0 Å². The average Bonchev–Trinajstić information content (AvgIpc) is 2.67. The van der Waals surface area contributed by atoms with Gasteiger partial charge in [-0.3, -0.25) is 9.10 Å². The number of carbonyl (C=O) groups excluding carboxylic acids is 1. The highest BCUT2D eigenvalue weighted by Gasteiger charge is 2.18. The fourth-order valence-electron chi connectivity index (χ4n) is 2.65. The van der Waals surface area contributed by atoms with Gasteiger partial charge in [0.1, 0.15) is 5.75 Å². The molecule has 0 aliphatic heterocycles. The molecule has 1 amide bonds. The Hall–Kier alpha value is -2.54. The highest BCUT2D eigenvalue weighted by Crippen LogP contribution is 2.32. The molecular weight excluding hydrogens is 376 g/mol. The molecular formula is C21H28N2O4S. The van der Waals surface area contributed by atoms with Crippen molar-refractivity contribution < 1.29 is 17.9 Å². The minimum absolute atomic E-state index is 0.237. The van der Waals surface area contributed by atoms with Crippen LogP contribution in [0.1, 0.15) is 43.0 Å². The van der Waals surface area contributed by atoms with E-state index in [-0.39, 0.29) is 5.91 Å². The minimum Gasteiger partial charge on any atom is -0.491 e. The quantitative estimate of drug-likeness (QED) is 0.599. The van der Waals surface area contributed by atoms with E-state index in [0.29, 0.717) is 29.3 Å². The number of ether oxygens (including phenoxy) is 1. The fraction of sp³-hybridized carbons (Fsp3) is 0.381. The number of hydrogen-bond donors (Lipinski definition) is 1. The van der Waals surface area contributed by atoms with E-state index in [1.807, 2.05) is 6.07 Å². The first-order valence-electron chi connectivity index (χ1n) is 9.40. The molecule has 6 nitrogen and oxygen atoms in total. The summed E-state index contributed by atoms with van der Waals surface area (Å²) in [6, 6.07) is 13.9. The molecule has 0 atom stereocenters. The van der Waals surface area contributed by atoms with Crippen molar-refractivity contribution in [3.05, 3.63) is 54.1 Å². The Labute approximate surface area is 167 Å². The Kier molecular flexibility index (Phi) is 7.87. The molecule has 0 aliphatic carbocycles. The number of sulfonamides is 1. The lowest BCUT2D eigenvalue weighted by molar-refractivity contribution is 0.102. The van der Waals surface area contributed by atoms with Gasteiger partial charge in [0.25, 0.3) is 5.91 Å². The molecule has 1 N–H and O–H groups in total. The number of amides is 1. The third kappa shape index (κ3) is 6.27. The summed E-state index contributed by atoms with van der Waals surface area (Å²) in [4.78, 5) is 12.4. The van der Waals surface area contributed by atoms with Crippen LogP contribution in [0.4, 0.5) is 11.4 Å². The lowest BCUT2D eigenvalue weighted by Crippen LogP contribution is -2.25. The van der Waals surface area contributed by atoms with Crippen LogP contribution in [0, 0.1) is 0 Å². The molecule has 0 spiro atoms. The van der Waals surface area contributed by atoms with Crippen LogP contribution in [0.5, 0.6) is 5.75 Å². The van der Waals surface area contributed by atoms with E-state index >= 15 is 0 Å². The molecule has 28 heavy (non-hydrogen) atoms. The number of carbonyl (C=O) groups is 1. The Morgan fingerprint density at radius 2 is 1.79 bits per heavy atom. The zero-order valence-corrected chi connectivity index (χ0v) is 17.5. The molecule has 2 rings (SSSR count). The summed E-state index contributed by atoms with van der Waals surface area (Å²) in [5.74, 6) is 0.189. The first kappa shape index (κ1) is 21.8. The maximum absolute atomic E-state index is 12.4. The van der Waals surface area contributed by atoms with Gasteiger partial charge in [0.15, 0.2) is 0 Å². The molecule has 2 aromatic carbocycles. The van der Waals surface area contributed by atoms with Gasteiger partial charge >= 0.3 is 0 Å². The molecule has 0 aliphatic rings. The van der Waals surface area contributed by atoms with Gasteiger partial charge in [-0.25, -0.2) is 8.42 Å². The van der Waals surface area contributed by atoms with Crippen LogP contribution in [0.25, 0.3) is 0 Å².